The van der Waals surface area contributed by atoms with Crippen molar-refractivity contribution in [2.45, 2.75) is 0 Å². The van der Waals surface area contributed by atoms with E-state index >= 15 is 0 Å². The van der Waals surface area contributed by atoms with Gasteiger partial charge in [-0.25, -0.2) is 4.98 Å². The minimum atomic E-state index is 0. The molecule has 0 radical (unpaired) electrons. The molecule has 11 heavy (non-hydrogen) atoms. The van der Waals surface area contributed by atoms with E-state index in [1.807, 2.05) is 4.40 Å². The zero-order valence-corrected chi connectivity index (χ0v) is 7.35. The van der Waals surface area contributed by atoms with Gasteiger partial charge in [0.2, 0.25) is 0 Å². The van der Waals surface area contributed by atoms with Gasteiger partial charge in [0, 0.05) is 12.4 Å². The molecule has 0 fully saturated rings. The molecule has 0 aromatic carbocycles. The molecule has 0 saturated carbocycles. The fourth-order valence-electron chi connectivity index (χ4n) is 0.862. The lowest BCUT2D eigenvalue weighted by Crippen LogP contribution is -1.81. The summed E-state index contributed by atoms with van der Waals surface area (Å²) in [6, 6.07) is 0. The van der Waals surface area contributed by atoms with Gasteiger partial charge in [0.05, 0.1) is 12.4 Å². The number of nitrogen functional groups attached to an aromatic ring is 1. The third-order valence-electron chi connectivity index (χ3n) is 1.28. The van der Waals surface area contributed by atoms with Crippen molar-refractivity contribution in [1.29, 1.82) is 0 Å². The molecule has 0 atom stereocenters. The number of nitrogens with two attached hydrogens (primary N) is 1. The third-order valence-corrected chi connectivity index (χ3v) is 1.28. The van der Waals surface area contributed by atoms with E-state index in [1.165, 1.54) is 0 Å². The van der Waals surface area contributed by atoms with E-state index in [2.05, 4.69) is 9.97 Å². The van der Waals surface area contributed by atoms with Crippen molar-refractivity contribution in [3.63, 3.8) is 0 Å². The Kier molecular flexibility index (Phi) is 2.09. The van der Waals surface area contributed by atoms with Gasteiger partial charge < -0.3 is 10.1 Å². The van der Waals surface area contributed by atoms with Crippen LogP contribution in [0.4, 0.5) is 5.82 Å². The maximum absolute atomic E-state index is 5.43. The van der Waals surface area contributed by atoms with Crippen molar-refractivity contribution >= 4 is 28.4 Å². The van der Waals surface area contributed by atoms with Crippen LogP contribution >= 0.6 is 17.0 Å². The van der Waals surface area contributed by atoms with Crippen molar-refractivity contribution in [1.82, 2.24) is 14.4 Å². The molecule has 0 aliphatic heterocycles. The van der Waals surface area contributed by atoms with Crippen LogP contribution in [0, 0.1) is 0 Å². The molecule has 5 heteroatoms. The van der Waals surface area contributed by atoms with Gasteiger partial charge in [-0.15, -0.1) is 17.0 Å². The fraction of sp³-hybridized carbons (Fsp3) is 0. The third kappa shape index (κ3) is 1.32. The Labute approximate surface area is 73.8 Å². The zero-order chi connectivity index (χ0) is 6.97. The predicted molar refractivity (Wildman–Crippen MR) is 47.7 cm³/mol. The van der Waals surface area contributed by atoms with E-state index in [1.54, 1.807) is 24.8 Å². The van der Waals surface area contributed by atoms with Crippen molar-refractivity contribution < 1.29 is 0 Å². The van der Waals surface area contributed by atoms with E-state index in [0.29, 0.717) is 5.82 Å². The minimum absolute atomic E-state index is 0. The van der Waals surface area contributed by atoms with Gasteiger partial charge in [-0.3, -0.25) is 4.98 Å². The first kappa shape index (κ1) is 8.00. The molecule has 4 nitrogen and oxygen atoms in total. The Morgan fingerprint density at radius 1 is 1.45 bits per heavy atom. The Morgan fingerprint density at radius 2 is 2.27 bits per heavy atom. The molecular weight excluding hydrogens is 208 g/mol. The summed E-state index contributed by atoms with van der Waals surface area (Å²) in [5.74, 6) is 0.521. The van der Waals surface area contributed by atoms with Gasteiger partial charge in [0.15, 0.2) is 5.65 Å². The lowest BCUT2D eigenvalue weighted by molar-refractivity contribution is 1.13. The average molecular weight is 215 g/mol. The van der Waals surface area contributed by atoms with E-state index < -0.39 is 0 Å². The second kappa shape index (κ2) is 2.87. The number of anilines is 1. The number of rotatable bonds is 0. The molecular formula is C6H7BrN4. The Morgan fingerprint density at radius 3 is 3.00 bits per heavy atom. The van der Waals surface area contributed by atoms with Crippen molar-refractivity contribution in [3.05, 3.63) is 24.8 Å². The Hall–Kier alpha value is -1.10. The highest BCUT2D eigenvalue weighted by Gasteiger charge is 1.93. The molecule has 2 aromatic heterocycles. The summed E-state index contributed by atoms with van der Waals surface area (Å²) in [5, 5.41) is 0. The highest BCUT2D eigenvalue weighted by Crippen LogP contribution is 2.02. The normalized spacial score (nSPS) is 9.45. The molecule has 0 aliphatic rings. The van der Waals surface area contributed by atoms with E-state index in [9.17, 15) is 0 Å². The van der Waals surface area contributed by atoms with Gasteiger partial charge >= 0.3 is 0 Å². The Bertz CT molecular complexity index is 323. The minimum Gasteiger partial charge on any atom is -0.382 e. The highest BCUT2D eigenvalue weighted by atomic mass is 79.9. The molecule has 0 aliphatic carbocycles. The van der Waals surface area contributed by atoms with Crippen LogP contribution in [0.1, 0.15) is 0 Å². The Balaban J connectivity index is 0.000000605. The molecule has 58 valence electrons. The van der Waals surface area contributed by atoms with Gasteiger partial charge in [-0.2, -0.15) is 0 Å². The summed E-state index contributed by atoms with van der Waals surface area (Å²) in [6.45, 7) is 0. The van der Waals surface area contributed by atoms with Gasteiger partial charge in [0.1, 0.15) is 5.82 Å². The van der Waals surface area contributed by atoms with Crippen LogP contribution < -0.4 is 5.73 Å². The summed E-state index contributed by atoms with van der Waals surface area (Å²) >= 11 is 0. The van der Waals surface area contributed by atoms with Crippen LogP contribution in [0.25, 0.3) is 5.65 Å². The fourth-order valence-corrected chi connectivity index (χ4v) is 0.862. The number of hydrogen-bond acceptors (Lipinski definition) is 3. The molecule has 2 heterocycles. The van der Waals surface area contributed by atoms with Crippen molar-refractivity contribution in [2.24, 2.45) is 0 Å². The first-order chi connectivity index (χ1) is 4.86. The molecule has 0 bridgehead atoms. The molecule has 0 unspecified atom stereocenters. The second-order valence-electron chi connectivity index (χ2n) is 2.01. The predicted octanol–water partition coefficient (Wildman–Crippen LogP) is 0.889. The summed E-state index contributed by atoms with van der Waals surface area (Å²) in [6.07, 6.45) is 6.90. The molecule has 2 aromatic rings. The first-order valence-electron chi connectivity index (χ1n) is 2.90. The lowest BCUT2D eigenvalue weighted by Gasteiger charge is -1.85. The first-order valence-corrected chi connectivity index (χ1v) is 2.90. The van der Waals surface area contributed by atoms with Crippen LogP contribution in [-0.2, 0) is 0 Å². The molecule has 2 N–H and O–H groups in total. The highest BCUT2D eigenvalue weighted by molar-refractivity contribution is 8.93. The van der Waals surface area contributed by atoms with Gasteiger partial charge in [0.25, 0.3) is 0 Å². The zero-order valence-electron chi connectivity index (χ0n) is 5.64. The van der Waals surface area contributed by atoms with Crippen molar-refractivity contribution in [3.8, 4) is 0 Å². The number of fused-ring (bicyclic) bond motifs is 1. The maximum atomic E-state index is 5.43. The average Bonchev–Trinajstić information content (AvgIpc) is 2.27. The monoisotopic (exact) mass is 214 g/mol. The maximum Gasteiger partial charge on any atom is 0.157 e. The van der Waals surface area contributed by atoms with E-state index in [0.717, 1.165) is 5.65 Å². The standard InChI is InChI=1S/C6H6N4.BrH/c7-5-4-10-2-1-8-3-6(10)9-5;/h1-4H,7H2;1H. The quantitative estimate of drug-likeness (QED) is 0.709. The summed E-state index contributed by atoms with van der Waals surface area (Å²) in [4.78, 5) is 7.88. The van der Waals surface area contributed by atoms with E-state index in [-0.39, 0.29) is 17.0 Å². The summed E-state index contributed by atoms with van der Waals surface area (Å²) in [5.41, 5.74) is 6.21. The number of aromatic nitrogens is 3. The van der Waals surface area contributed by atoms with Crippen molar-refractivity contribution in [2.75, 3.05) is 5.73 Å². The SMILES string of the molecule is Br.Nc1cn2ccncc2n1. The number of imidazole rings is 1. The summed E-state index contributed by atoms with van der Waals surface area (Å²) < 4.78 is 1.82. The summed E-state index contributed by atoms with van der Waals surface area (Å²) in [7, 11) is 0. The van der Waals surface area contributed by atoms with Crippen LogP contribution in [0.3, 0.4) is 0 Å². The van der Waals surface area contributed by atoms with Gasteiger partial charge in [-0.05, 0) is 0 Å². The second-order valence-corrected chi connectivity index (χ2v) is 2.01. The largest absolute Gasteiger partial charge is 0.382 e. The topological polar surface area (TPSA) is 56.2 Å². The number of hydrogen-bond donors (Lipinski definition) is 1. The van der Waals surface area contributed by atoms with E-state index in [4.69, 9.17) is 5.73 Å². The smallest absolute Gasteiger partial charge is 0.157 e. The molecule has 0 amide bonds. The molecule has 0 spiro atoms. The molecule has 0 saturated heterocycles. The van der Waals surface area contributed by atoms with Crippen LogP contribution in [0.5, 0.6) is 0 Å². The number of halogens is 1. The van der Waals surface area contributed by atoms with Crippen LogP contribution in [0.2, 0.25) is 0 Å². The van der Waals surface area contributed by atoms with Gasteiger partial charge in [-0.1, -0.05) is 0 Å². The number of nitrogens with zero attached hydrogens (tertiary/aromatic N) is 3. The lowest BCUT2D eigenvalue weighted by atomic mass is 10.7. The van der Waals surface area contributed by atoms with Crippen LogP contribution in [0.15, 0.2) is 24.8 Å². The molecule has 2 rings (SSSR count). The van der Waals surface area contributed by atoms with Crippen LogP contribution in [-0.4, -0.2) is 14.4 Å².